The predicted molar refractivity (Wildman–Crippen MR) is 576 cm³/mol. The van der Waals surface area contributed by atoms with Crippen molar-refractivity contribution in [2.75, 3.05) is 0 Å². The number of para-hydroxylation sites is 9. The van der Waals surface area contributed by atoms with E-state index in [1.54, 1.807) is 0 Å². The minimum atomic E-state index is -3.15. The van der Waals surface area contributed by atoms with E-state index in [1.165, 1.54) is 0 Å². The molecule has 12 aromatic heterocycles. The third-order valence-electron chi connectivity index (χ3n) is 29.1. The van der Waals surface area contributed by atoms with E-state index < -0.39 is 28.6 Å². The van der Waals surface area contributed by atoms with Crippen molar-refractivity contribution in [2.45, 2.75) is 0 Å². The Hall–Kier alpha value is -17.1. The predicted octanol–water partition coefficient (Wildman–Crippen LogP) is 23.2. The maximum atomic E-state index is 15.5. The molecule has 0 N–H and O–H groups in total. The van der Waals surface area contributed by atoms with Crippen molar-refractivity contribution >= 4 is 246 Å². The lowest BCUT2D eigenvalue weighted by Crippen LogP contribution is -2.22. The zero-order valence-electron chi connectivity index (χ0n) is 74.4. The lowest BCUT2D eigenvalue weighted by atomic mass is 10.1. The van der Waals surface area contributed by atoms with E-state index in [-0.39, 0.29) is 0 Å². The van der Waals surface area contributed by atoms with Crippen molar-refractivity contribution in [3.05, 3.63) is 438 Å². The molecule has 0 saturated heterocycles. The molecule has 0 saturated carbocycles. The molecular formula is C120H72N12O4P4. The molecule has 0 fully saturated rings. The van der Waals surface area contributed by atoms with Gasteiger partial charge in [-0.25, -0.2) is 19.9 Å². The molecule has 28 aromatic rings. The molecule has 0 radical (unpaired) electrons. The molecule has 4 aliphatic heterocycles. The molecule has 20 heteroatoms. The molecule has 0 atom stereocenters. The Morgan fingerprint density at radius 2 is 0.464 bits per heavy atom. The molecule has 0 amide bonds. The zero-order valence-corrected chi connectivity index (χ0v) is 77.9. The van der Waals surface area contributed by atoms with Gasteiger partial charge in [0.05, 0.1) is 60.7 Å². The van der Waals surface area contributed by atoms with Gasteiger partial charge in [-0.3, -0.25) is 37.5 Å². The maximum absolute atomic E-state index is 15.5. The summed E-state index contributed by atoms with van der Waals surface area (Å²) in [7, 11) is -12.3. The van der Waals surface area contributed by atoms with Gasteiger partial charge in [-0.05, 0) is 154 Å². The number of rotatable bonds is 4. The molecule has 16 nitrogen and oxygen atoms in total. The van der Waals surface area contributed by atoms with Crippen LogP contribution in [0.1, 0.15) is 0 Å². The van der Waals surface area contributed by atoms with Gasteiger partial charge in [0, 0.05) is 178 Å². The van der Waals surface area contributed by atoms with Gasteiger partial charge < -0.3 is 18.3 Å². The quantitative estimate of drug-likeness (QED) is 0.120. The highest BCUT2D eigenvalue weighted by Gasteiger charge is 2.46. The first-order chi connectivity index (χ1) is 69.0. The monoisotopic (exact) mass is 1870 g/mol. The first kappa shape index (κ1) is 80.2. The SMILES string of the molecule is O=P1(c2ccc3c(c2)c2cnccc2c2nc4ccccc4n32)c2ccccc2-c2ccccc21.O=P1(c2ccc3c4cnccc4c4nc5ccccc5n4c3c2)c2ccccc2-c2ccccc21.O=P1(c2cccc3c2nc2c4ccncc4c4ccccc4n32)c2ccccc2-c2ccccc21.O=P1(c2cccc3c4cnccc4c4nc5ccccc5n4c23)c2ccccc2-c2ccccc21. The van der Waals surface area contributed by atoms with Crippen LogP contribution in [0.15, 0.2) is 438 Å². The van der Waals surface area contributed by atoms with Crippen molar-refractivity contribution in [3.8, 4) is 44.5 Å². The largest absolute Gasteiger partial charge is 0.309 e. The Kier molecular flexibility index (Phi) is 17.3. The van der Waals surface area contributed by atoms with Crippen molar-refractivity contribution in [3.63, 3.8) is 0 Å². The lowest BCUT2D eigenvalue weighted by molar-refractivity contribution is 0.592. The summed E-state index contributed by atoms with van der Waals surface area (Å²) in [6.07, 6.45) is 14.8. The average Bonchev–Trinajstić information content (AvgIpc) is 1.52. The van der Waals surface area contributed by atoms with Gasteiger partial charge in [-0.1, -0.05) is 279 Å². The second-order valence-corrected chi connectivity index (χ2v) is 46.8. The van der Waals surface area contributed by atoms with Crippen LogP contribution in [0.4, 0.5) is 0 Å². The topological polar surface area (TPSA) is 189 Å². The van der Waals surface area contributed by atoms with Crippen LogP contribution in [-0.4, -0.2) is 57.5 Å². The Labute approximate surface area is 798 Å². The second kappa shape index (κ2) is 30.2. The van der Waals surface area contributed by atoms with Crippen LogP contribution in [0, 0.1) is 0 Å². The summed E-state index contributed by atoms with van der Waals surface area (Å²) in [6.45, 7) is 0. The molecular weight excluding hydrogens is 1800 g/mol. The number of nitrogens with zero attached hydrogens (tertiary/aromatic N) is 12. The minimum Gasteiger partial charge on any atom is -0.309 e. The van der Waals surface area contributed by atoms with E-state index in [9.17, 15) is 0 Å². The Balaban J connectivity index is 0.0000000896. The van der Waals surface area contributed by atoms with Gasteiger partial charge in [0.1, 0.15) is 28.1 Å². The molecule has 0 unspecified atom stereocenters. The fourth-order valence-electron chi connectivity index (χ4n) is 23.1. The highest BCUT2D eigenvalue weighted by atomic mass is 31.2. The summed E-state index contributed by atoms with van der Waals surface area (Å²) in [5.41, 5.74) is 23.6. The summed E-state index contributed by atoms with van der Waals surface area (Å²) < 4.78 is 69.6. The number of pyridine rings is 8. The smallest absolute Gasteiger partial charge is 0.174 e. The molecule has 32 rings (SSSR count). The van der Waals surface area contributed by atoms with Crippen LogP contribution in [0.3, 0.4) is 0 Å². The normalized spacial score (nSPS) is 14.1. The first-order valence-corrected chi connectivity index (χ1v) is 53.3. The molecule has 16 heterocycles. The molecule has 140 heavy (non-hydrogen) atoms. The van der Waals surface area contributed by atoms with E-state index in [0.717, 1.165) is 262 Å². The molecule has 0 aliphatic carbocycles. The maximum Gasteiger partial charge on any atom is 0.174 e. The molecule has 0 bridgehead atoms. The van der Waals surface area contributed by atoms with E-state index >= 15 is 18.3 Å². The fraction of sp³-hybridized carbons (Fsp3) is 0. The average molecular weight is 1870 g/mol. The summed E-state index contributed by atoms with van der Waals surface area (Å²) in [4.78, 5) is 37.8. The first-order valence-electron chi connectivity index (χ1n) is 46.5. The van der Waals surface area contributed by atoms with Crippen LogP contribution in [0.5, 0.6) is 0 Å². The number of hydrogen-bond acceptors (Lipinski definition) is 12. The fourth-order valence-corrected chi connectivity index (χ4v) is 35.7. The number of fused-ring (bicyclic) bond motifs is 44. The zero-order chi connectivity index (χ0) is 92.6. The minimum absolute atomic E-state index is 0.789. The van der Waals surface area contributed by atoms with Gasteiger partial charge in [0.2, 0.25) is 0 Å². The van der Waals surface area contributed by atoms with E-state index in [1.807, 2.05) is 316 Å². The Bertz CT molecular complexity index is 10400. The highest BCUT2D eigenvalue weighted by Crippen LogP contribution is 2.58. The molecule has 4 aliphatic rings. The number of hydrogen-bond donors (Lipinski definition) is 0. The highest BCUT2D eigenvalue weighted by molar-refractivity contribution is 7.88. The van der Waals surface area contributed by atoms with Gasteiger partial charge in [-0.15, -0.1) is 0 Å². The Morgan fingerprint density at radius 3 is 0.914 bits per heavy atom. The number of benzene rings is 16. The summed E-state index contributed by atoms with van der Waals surface area (Å²) in [6, 6.07) is 131. The van der Waals surface area contributed by atoms with Crippen molar-refractivity contribution in [1.82, 2.24) is 57.5 Å². The van der Waals surface area contributed by atoms with E-state index in [4.69, 9.17) is 19.9 Å². The molecule has 16 aromatic carbocycles. The second-order valence-electron chi connectivity index (χ2n) is 36.0. The van der Waals surface area contributed by atoms with Gasteiger partial charge in [0.25, 0.3) is 0 Å². The summed E-state index contributed by atoms with van der Waals surface area (Å²) in [5, 5.41) is 23.1. The third-order valence-corrected chi connectivity index (χ3v) is 41.7. The van der Waals surface area contributed by atoms with Crippen LogP contribution in [0.25, 0.3) is 198 Å². The number of imidazole rings is 4. The van der Waals surface area contributed by atoms with Crippen molar-refractivity contribution in [2.24, 2.45) is 0 Å². The lowest BCUT2D eigenvalue weighted by Gasteiger charge is -2.20. The van der Waals surface area contributed by atoms with E-state index in [0.29, 0.717) is 0 Å². The molecule has 656 valence electrons. The third kappa shape index (κ3) is 11.0. The van der Waals surface area contributed by atoms with Gasteiger partial charge in [0.15, 0.2) is 28.6 Å². The van der Waals surface area contributed by atoms with Crippen LogP contribution < -0.4 is 63.7 Å². The van der Waals surface area contributed by atoms with Gasteiger partial charge in [-0.2, -0.15) is 0 Å². The standard InChI is InChI=1S/4C30H18N3OP/c34-35(26-13-5-1-8-19(26)20-9-2-6-14-27(20)35)28-15-7-10-21-23-18-31-17-16-22(23)30-32-24-11-3-4-12-25(24)33(30)29(21)28;34-35(28-11-5-1-7-21(28)22-8-2-6-12-29(22)35)19-13-14-20-24-18-31-16-15-23(24)30-32-25-9-3-4-10-26(25)33(30)27(20)17-19;34-35(28-11-5-1-7-20(28)21-8-2-6-12-29(21)35)19-13-14-26-23(17-19)24-18-31-16-15-22(24)30-32-25-9-3-4-10-27(25)33(26)30;34-35(26-13-5-2-9-20(26)21-10-3-6-14-27(21)35)28-15-7-12-25-29(28)32-30-22-16-17-31-18-23(22)19-8-1-4-11-24(19)33(25)30/h4*1-18H. The molecule has 0 spiro atoms. The summed E-state index contributed by atoms with van der Waals surface area (Å²) >= 11 is 0. The number of aromatic nitrogens is 12. The Morgan fingerprint density at radius 1 is 0.179 bits per heavy atom. The summed E-state index contributed by atoms with van der Waals surface area (Å²) in [5.74, 6) is 0. The van der Waals surface area contributed by atoms with Crippen LogP contribution in [0.2, 0.25) is 0 Å². The van der Waals surface area contributed by atoms with Crippen molar-refractivity contribution in [1.29, 1.82) is 0 Å². The van der Waals surface area contributed by atoms with E-state index in [2.05, 4.69) is 159 Å². The van der Waals surface area contributed by atoms with Crippen LogP contribution in [-0.2, 0) is 18.3 Å². The van der Waals surface area contributed by atoms with Gasteiger partial charge >= 0.3 is 0 Å². The van der Waals surface area contributed by atoms with Crippen molar-refractivity contribution < 1.29 is 18.3 Å². The van der Waals surface area contributed by atoms with Crippen LogP contribution >= 0.6 is 28.6 Å².